The molecule has 1 aliphatic rings. The highest BCUT2D eigenvalue weighted by Gasteiger charge is 2.30. The lowest BCUT2D eigenvalue weighted by atomic mass is 10.0. The van der Waals surface area contributed by atoms with E-state index in [9.17, 15) is 5.11 Å². The van der Waals surface area contributed by atoms with Crippen molar-refractivity contribution in [1.29, 1.82) is 0 Å². The molecule has 0 unspecified atom stereocenters. The molecule has 2 heterocycles. The number of ether oxygens (including phenoxy) is 2. The van der Waals surface area contributed by atoms with E-state index < -0.39 is 6.10 Å². The van der Waals surface area contributed by atoms with Crippen molar-refractivity contribution in [3.05, 3.63) is 40.2 Å². The first kappa shape index (κ1) is 27.3. The molecule has 1 saturated carbocycles. The summed E-state index contributed by atoms with van der Waals surface area (Å²) in [6.07, 6.45) is 2.62. The van der Waals surface area contributed by atoms with Gasteiger partial charge >= 0.3 is 0 Å². The summed E-state index contributed by atoms with van der Waals surface area (Å²) in [5.41, 5.74) is 3.87. The molecule has 2 aromatic heterocycles. The van der Waals surface area contributed by atoms with Gasteiger partial charge in [-0.2, -0.15) is 0 Å². The second-order valence-corrected chi connectivity index (χ2v) is 9.82. The highest BCUT2D eigenvalue weighted by atomic mass is 35.5. The minimum atomic E-state index is -0.633. The van der Waals surface area contributed by atoms with Gasteiger partial charge in [-0.1, -0.05) is 16.8 Å². The van der Waals surface area contributed by atoms with Crippen LogP contribution in [0.1, 0.15) is 43.2 Å². The van der Waals surface area contributed by atoms with Crippen molar-refractivity contribution in [2.45, 2.75) is 65.2 Å². The van der Waals surface area contributed by atoms with Gasteiger partial charge in [0.05, 0.1) is 34.1 Å². The average Bonchev–Trinajstić information content (AvgIpc) is 3.45. The maximum atomic E-state index is 10.0. The Morgan fingerprint density at radius 2 is 2.03 bits per heavy atom. The van der Waals surface area contributed by atoms with E-state index in [0.29, 0.717) is 41.1 Å². The number of benzene rings is 1. The third-order valence-corrected chi connectivity index (χ3v) is 6.96. The summed E-state index contributed by atoms with van der Waals surface area (Å²) in [4.78, 5) is 9.87. The van der Waals surface area contributed by atoms with Crippen LogP contribution in [-0.2, 0) is 4.74 Å². The molecule has 0 bridgehead atoms. The highest BCUT2D eigenvalue weighted by Crippen LogP contribution is 2.37. The van der Waals surface area contributed by atoms with Gasteiger partial charge in [-0.25, -0.2) is 9.97 Å². The number of likely N-dealkylation sites (N-methyl/N-ethyl adjacent to an activating group) is 1. The van der Waals surface area contributed by atoms with Crippen molar-refractivity contribution >= 4 is 17.4 Å². The molecule has 3 atom stereocenters. The Labute approximate surface area is 222 Å². The Bertz CT molecular complexity index is 1200. The fraction of sp³-hybridized carbons (Fsp3) is 0.519. The molecule has 0 amide bonds. The lowest BCUT2D eigenvalue weighted by molar-refractivity contribution is 0.0615. The fourth-order valence-corrected chi connectivity index (χ4v) is 4.98. The number of nitrogens with zero attached hydrogens (tertiary/aromatic N) is 3. The Balaban J connectivity index is 1.76. The number of aliphatic hydroxyl groups is 1. The Hall–Kier alpha value is -2.72. The molecule has 3 aromatic rings. The smallest absolute Gasteiger partial charge is 0.163 e. The fourth-order valence-electron chi connectivity index (χ4n) is 4.77. The van der Waals surface area contributed by atoms with E-state index in [-0.39, 0.29) is 18.8 Å². The third-order valence-electron chi connectivity index (χ3n) is 6.63. The predicted molar refractivity (Wildman–Crippen MR) is 144 cm³/mol. The second kappa shape index (κ2) is 12.2. The van der Waals surface area contributed by atoms with Gasteiger partial charge in [0, 0.05) is 24.3 Å². The largest absolute Gasteiger partial charge is 0.491 e. The van der Waals surface area contributed by atoms with Crippen molar-refractivity contribution in [2.24, 2.45) is 0 Å². The summed E-state index contributed by atoms with van der Waals surface area (Å²) in [7, 11) is 1.78. The van der Waals surface area contributed by atoms with E-state index in [4.69, 9.17) is 35.6 Å². The Morgan fingerprint density at radius 3 is 2.73 bits per heavy atom. The lowest BCUT2D eigenvalue weighted by Gasteiger charge is -2.23. The van der Waals surface area contributed by atoms with Gasteiger partial charge in [-0.15, -0.1) is 0 Å². The van der Waals surface area contributed by atoms with Gasteiger partial charge in [0.25, 0.3) is 0 Å². The highest BCUT2D eigenvalue weighted by molar-refractivity contribution is 6.33. The van der Waals surface area contributed by atoms with Crippen LogP contribution < -0.4 is 15.4 Å². The van der Waals surface area contributed by atoms with Gasteiger partial charge < -0.3 is 29.7 Å². The topological polar surface area (TPSA) is 115 Å². The zero-order valence-electron chi connectivity index (χ0n) is 22.1. The van der Waals surface area contributed by atoms with Crippen molar-refractivity contribution in [3.63, 3.8) is 0 Å². The number of anilines is 1. The summed E-state index contributed by atoms with van der Waals surface area (Å²) in [6, 6.07) is 5.48. The first-order chi connectivity index (χ1) is 17.8. The van der Waals surface area contributed by atoms with Crippen LogP contribution in [0, 0.1) is 20.8 Å². The molecule has 37 heavy (non-hydrogen) atoms. The summed E-state index contributed by atoms with van der Waals surface area (Å²) in [5.74, 6) is 2.44. The minimum absolute atomic E-state index is 0.134. The maximum Gasteiger partial charge on any atom is 0.163 e. The summed E-state index contributed by atoms with van der Waals surface area (Å²) >= 11 is 6.64. The minimum Gasteiger partial charge on any atom is -0.491 e. The van der Waals surface area contributed by atoms with Crippen LogP contribution in [0.3, 0.4) is 0 Å². The molecule has 0 saturated heterocycles. The number of aryl methyl sites for hydroxylation is 2. The molecule has 9 nitrogen and oxygen atoms in total. The number of aliphatic hydroxyl groups excluding tert-OH is 1. The van der Waals surface area contributed by atoms with Crippen LogP contribution in [0.15, 0.2) is 22.7 Å². The van der Waals surface area contributed by atoms with Gasteiger partial charge in [0.15, 0.2) is 5.82 Å². The average molecular weight is 530 g/mol. The van der Waals surface area contributed by atoms with E-state index in [2.05, 4.69) is 15.8 Å². The van der Waals surface area contributed by atoms with E-state index in [1.54, 1.807) is 25.2 Å². The molecule has 0 spiro atoms. The molecule has 1 aliphatic carbocycles. The van der Waals surface area contributed by atoms with Gasteiger partial charge in [-0.3, -0.25) is 0 Å². The van der Waals surface area contributed by atoms with Crippen LogP contribution in [0.2, 0.25) is 5.02 Å². The first-order valence-electron chi connectivity index (χ1n) is 12.8. The molecule has 3 N–H and O–H groups in total. The molecule has 4 rings (SSSR count). The molecule has 1 aromatic carbocycles. The summed E-state index contributed by atoms with van der Waals surface area (Å²) in [6.45, 7) is 9.06. The Kier molecular flexibility index (Phi) is 9.02. The molecule has 200 valence electrons. The van der Waals surface area contributed by atoms with Crippen LogP contribution in [0.4, 0.5) is 5.82 Å². The molecular formula is C27H36ClN5O4. The molecule has 0 aliphatic heterocycles. The summed E-state index contributed by atoms with van der Waals surface area (Å²) in [5, 5.41) is 21.2. The number of hydrogen-bond acceptors (Lipinski definition) is 9. The summed E-state index contributed by atoms with van der Waals surface area (Å²) < 4.78 is 17.3. The van der Waals surface area contributed by atoms with E-state index in [1.165, 1.54) is 0 Å². The van der Waals surface area contributed by atoms with Crippen LogP contribution in [0.5, 0.6) is 5.75 Å². The molecule has 10 heteroatoms. The van der Waals surface area contributed by atoms with Crippen molar-refractivity contribution in [2.75, 3.05) is 32.1 Å². The second-order valence-electron chi connectivity index (χ2n) is 9.41. The number of hydrogen-bond donors (Lipinski definition) is 3. The predicted octanol–water partition coefficient (Wildman–Crippen LogP) is 4.71. The first-order valence-corrected chi connectivity index (χ1v) is 13.2. The van der Waals surface area contributed by atoms with E-state index >= 15 is 0 Å². The molecular weight excluding hydrogens is 494 g/mol. The van der Waals surface area contributed by atoms with Crippen molar-refractivity contribution < 1.29 is 19.1 Å². The van der Waals surface area contributed by atoms with Crippen molar-refractivity contribution in [1.82, 2.24) is 20.4 Å². The van der Waals surface area contributed by atoms with E-state index in [1.807, 2.05) is 27.7 Å². The monoisotopic (exact) mass is 529 g/mol. The van der Waals surface area contributed by atoms with E-state index in [0.717, 1.165) is 47.6 Å². The quantitative estimate of drug-likeness (QED) is 0.325. The zero-order chi connectivity index (χ0) is 26.5. The van der Waals surface area contributed by atoms with Crippen LogP contribution in [-0.4, -0.2) is 65.3 Å². The third kappa shape index (κ3) is 6.23. The normalized spacial score (nSPS) is 18.2. The lowest BCUT2D eigenvalue weighted by Crippen LogP contribution is -2.31. The number of rotatable bonds is 11. The molecule has 1 fully saturated rings. The Morgan fingerprint density at radius 1 is 1.22 bits per heavy atom. The van der Waals surface area contributed by atoms with Gasteiger partial charge in [0.1, 0.15) is 30.0 Å². The van der Waals surface area contributed by atoms with Gasteiger partial charge in [0.2, 0.25) is 0 Å². The van der Waals surface area contributed by atoms with Crippen LogP contribution >= 0.6 is 11.6 Å². The zero-order valence-corrected chi connectivity index (χ0v) is 22.9. The maximum absolute atomic E-state index is 10.0. The SMILES string of the molecule is CCO[C@@H]1CCC[C@H]1Nc1nc(-c2cc(OC[C@H](O)CNC)ccc2Cl)nc(-c2c(C)noc2C)c1C. The van der Waals surface area contributed by atoms with Crippen LogP contribution in [0.25, 0.3) is 22.6 Å². The number of aromatic nitrogens is 3. The van der Waals surface area contributed by atoms with Gasteiger partial charge in [-0.05, 0) is 72.2 Å². The number of halogens is 1. The standard InChI is InChI=1S/C27H36ClN5O4/c1-6-35-23-9-7-8-22(23)30-26-15(2)25(24-16(3)33-37-17(24)4)31-27(32-26)20-12-19(10-11-21(20)28)36-14-18(34)13-29-5/h10-12,18,22-23,29,34H,6-9,13-14H2,1-5H3,(H,30,31,32)/t18-,22-,23-/m1/s1. The van der Waals surface area contributed by atoms with Crippen molar-refractivity contribution in [3.8, 4) is 28.4 Å². The molecule has 0 radical (unpaired) electrons. The number of nitrogens with one attached hydrogen (secondary N) is 2.